The number of aromatic nitrogens is 1. The number of carbonyl (C=O) groups excluding carboxylic acids is 2. The Hall–Kier alpha value is -1.91. The molecule has 1 aromatic heterocycles. The zero-order valence-electron chi connectivity index (χ0n) is 14.5. The summed E-state index contributed by atoms with van der Waals surface area (Å²) in [7, 11) is 1.63. The zero-order valence-corrected chi connectivity index (χ0v) is 14.5. The van der Waals surface area contributed by atoms with E-state index in [1.54, 1.807) is 13.3 Å². The van der Waals surface area contributed by atoms with Gasteiger partial charge in [-0.05, 0) is 50.2 Å². The second-order valence-corrected chi connectivity index (χ2v) is 7.05. The summed E-state index contributed by atoms with van der Waals surface area (Å²) in [5, 5.41) is 0. The minimum absolute atomic E-state index is 0.0102. The van der Waals surface area contributed by atoms with Crippen LogP contribution in [0.15, 0.2) is 12.3 Å². The molecule has 5 heteroatoms. The molecule has 2 fully saturated rings. The molecule has 0 radical (unpaired) electrons. The van der Waals surface area contributed by atoms with Crippen LogP contribution in [-0.2, 0) is 20.7 Å². The molecular formula is C19H25NO4. The Morgan fingerprint density at radius 1 is 1.33 bits per heavy atom. The van der Waals surface area contributed by atoms with Gasteiger partial charge < -0.3 is 9.47 Å². The Morgan fingerprint density at radius 2 is 2.08 bits per heavy atom. The van der Waals surface area contributed by atoms with E-state index in [0.29, 0.717) is 25.2 Å². The molecule has 5 nitrogen and oxygen atoms in total. The maximum absolute atomic E-state index is 12.1. The lowest BCUT2D eigenvalue weighted by Gasteiger charge is -2.41. The van der Waals surface area contributed by atoms with Crippen molar-refractivity contribution >= 4 is 11.8 Å². The van der Waals surface area contributed by atoms with Crippen LogP contribution in [0, 0.1) is 12.8 Å². The molecule has 1 saturated heterocycles. The maximum atomic E-state index is 12.1. The fourth-order valence-electron chi connectivity index (χ4n) is 4.21. The predicted molar refractivity (Wildman–Crippen MR) is 88.9 cm³/mol. The minimum atomic E-state index is -0.634. The Morgan fingerprint density at radius 3 is 2.75 bits per heavy atom. The molecule has 24 heavy (non-hydrogen) atoms. The molecule has 0 aromatic carbocycles. The number of rotatable bonds is 5. The van der Waals surface area contributed by atoms with Crippen LogP contribution in [0.2, 0.25) is 0 Å². The van der Waals surface area contributed by atoms with E-state index in [2.05, 4.69) is 4.98 Å². The van der Waals surface area contributed by atoms with Gasteiger partial charge in [0.2, 0.25) is 0 Å². The van der Waals surface area contributed by atoms with Crippen LogP contribution < -0.4 is 4.74 Å². The average Bonchev–Trinajstić information content (AvgIpc) is 3.07. The Labute approximate surface area is 142 Å². The first kappa shape index (κ1) is 16.9. The quantitative estimate of drug-likeness (QED) is 0.612. The summed E-state index contributed by atoms with van der Waals surface area (Å²) in [6.07, 6.45) is 7.75. The van der Waals surface area contributed by atoms with Crippen LogP contribution in [0.25, 0.3) is 0 Å². The molecular weight excluding hydrogens is 306 g/mol. The SMILES string of the molecule is COc1cnc(C)cc1CCC1(C2CCCC2)CC(=O)CC(=O)O1. The fourth-order valence-corrected chi connectivity index (χ4v) is 4.21. The molecule has 0 spiro atoms. The van der Waals surface area contributed by atoms with E-state index in [-0.39, 0.29) is 18.2 Å². The van der Waals surface area contributed by atoms with Crippen LogP contribution in [0.5, 0.6) is 5.75 Å². The smallest absolute Gasteiger partial charge is 0.313 e. The average molecular weight is 331 g/mol. The Bertz CT molecular complexity index is 618. The van der Waals surface area contributed by atoms with Gasteiger partial charge in [-0.25, -0.2) is 0 Å². The second kappa shape index (κ2) is 6.91. The number of methoxy groups -OCH3 is 1. The molecule has 1 saturated carbocycles. The molecule has 2 heterocycles. The zero-order chi connectivity index (χ0) is 17.2. The summed E-state index contributed by atoms with van der Waals surface area (Å²) in [6, 6.07) is 2.01. The number of carbonyl (C=O) groups is 2. The molecule has 1 atom stereocenters. The summed E-state index contributed by atoms with van der Waals surface area (Å²) in [4.78, 5) is 28.3. The van der Waals surface area contributed by atoms with Crippen molar-refractivity contribution in [2.75, 3.05) is 7.11 Å². The van der Waals surface area contributed by atoms with Crippen molar-refractivity contribution in [3.05, 3.63) is 23.5 Å². The van der Waals surface area contributed by atoms with Gasteiger partial charge in [0.25, 0.3) is 0 Å². The fraction of sp³-hybridized carbons (Fsp3) is 0.632. The van der Waals surface area contributed by atoms with Gasteiger partial charge in [0.15, 0.2) is 0 Å². The van der Waals surface area contributed by atoms with Crippen LogP contribution in [-0.4, -0.2) is 29.4 Å². The number of Topliss-reactive ketones (excluding diaryl/α,β-unsaturated/α-hetero) is 1. The summed E-state index contributed by atoms with van der Waals surface area (Å²) < 4.78 is 11.2. The van der Waals surface area contributed by atoms with Gasteiger partial charge in [0.05, 0.1) is 13.3 Å². The minimum Gasteiger partial charge on any atom is -0.495 e. The van der Waals surface area contributed by atoms with E-state index in [9.17, 15) is 9.59 Å². The highest BCUT2D eigenvalue weighted by Gasteiger charge is 2.47. The van der Waals surface area contributed by atoms with Gasteiger partial charge in [0.1, 0.15) is 23.6 Å². The van der Waals surface area contributed by atoms with Crippen LogP contribution in [0.3, 0.4) is 0 Å². The number of hydrogen-bond donors (Lipinski definition) is 0. The van der Waals surface area contributed by atoms with E-state index in [1.165, 1.54) is 0 Å². The van der Waals surface area contributed by atoms with Crippen molar-refractivity contribution in [3.63, 3.8) is 0 Å². The number of ketones is 1. The molecule has 1 aromatic rings. The van der Waals surface area contributed by atoms with E-state index < -0.39 is 5.60 Å². The third-order valence-electron chi connectivity index (χ3n) is 5.38. The summed E-state index contributed by atoms with van der Waals surface area (Å²) in [5.74, 6) is 0.683. The van der Waals surface area contributed by atoms with Crippen molar-refractivity contribution in [1.29, 1.82) is 0 Å². The van der Waals surface area contributed by atoms with Crippen LogP contribution >= 0.6 is 0 Å². The highest BCUT2D eigenvalue weighted by atomic mass is 16.6. The van der Waals surface area contributed by atoms with Crippen LogP contribution in [0.1, 0.15) is 56.2 Å². The monoisotopic (exact) mass is 331 g/mol. The molecule has 0 bridgehead atoms. The molecule has 1 aliphatic heterocycles. The highest BCUT2D eigenvalue weighted by molar-refractivity contribution is 5.98. The third-order valence-corrected chi connectivity index (χ3v) is 5.38. The topological polar surface area (TPSA) is 65.5 Å². The van der Waals surface area contributed by atoms with Crippen molar-refractivity contribution in [3.8, 4) is 5.75 Å². The molecule has 130 valence electrons. The van der Waals surface area contributed by atoms with Crippen molar-refractivity contribution in [2.45, 2.75) is 63.9 Å². The first-order valence-electron chi connectivity index (χ1n) is 8.75. The number of pyridine rings is 1. The van der Waals surface area contributed by atoms with Gasteiger partial charge in [-0.1, -0.05) is 12.8 Å². The van der Waals surface area contributed by atoms with Gasteiger partial charge in [-0.15, -0.1) is 0 Å². The summed E-state index contributed by atoms with van der Waals surface area (Å²) in [6.45, 7) is 1.94. The lowest BCUT2D eigenvalue weighted by molar-refractivity contribution is -0.178. The molecule has 1 unspecified atom stereocenters. The second-order valence-electron chi connectivity index (χ2n) is 7.05. The number of hydrogen-bond acceptors (Lipinski definition) is 5. The lowest BCUT2D eigenvalue weighted by Crippen LogP contribution is -2.48. The first-order valence-corrected chi connectivity index (χ1v) is 8.75. The number of nitrogens with zero attached hydrogens (tertiary/aromatic N) is 1. The summed E-state index contributed by atoms with van der Waals surface area (Å²) in [5.41, 5.74) is 1.35. The van der Waals surface area contributed by atoms with E-state index in [4.69, 9.17) is 9.47 Å². The lowest BCUT2D eigenvalue weighted by atomic mass is 9.76. The van der Waals surface area contributed by atoms with Gasteiger partial charge >= 0.3 is 5.97 Å². The normalized spacial score (nSPS) is 24.9. The summed E-state index contributed by atoms with van der Waals surface area (Å²) >= 11 is 0. The first-order chi connectivity index (χ1) is 11.5. The molecule has 2 aliphatic rings. The standard InChI is InChI=1S/C19H25NO4/c1-13-9-14(17(23-2)12-20-13)7-8-19(15-5-3-4-6-15)11-16(21)10-18(22)24-19/h9,12,15H,3-8,10-11H2,1-2H3. The van der Waals surface area contributed by atoms with E-state index >= 15 is 0 Å². The highest BCUT2D eigenvalue weighted by Crippen LogP contribution is 2.44. The molecule has 0 amide bonds. The number of cyclic esters (lactones) is 1. The predicted octanol–water partition coefficient (Wildman–Crippen LogP) is 3.17. The van der Waals surface area contributed by atoms with Crippen molar-refractivity contribution < 1.29 is 19.1 Å². The Balaban J connectivity index is 1.83. The molecule has 1 aliphatic carbocycles. The van der Waals surface area contributed by atoms with Gasteiger partial charge in [0, 0.05) is 12.1 Å². The van der Waals surface area contributed by atoms with Gasteiger partial charge in [-0.3, -0.25) is 14.6 Å². The number of ether oxygens (including phenoxy) is 2. The molecule has 3 rings (SSSR count). The van der Waals surface area contributed by atoms with Crippen molar-refractivity contribution in [2.24, 2.45) is 5.92 Å². The number of esters is 1. The van der Waals surface area contributed by atoms with E-state index in [1.807, 2.05) is 13.0 Å². The number of aryl methyl sites for hydroxylation is 2. The largest absolute Gasteiger partial charge is 0.495 e. The maximum Gasteiger partial charge on any atom is 0.313 e. The van der Waals surface area contributed by atoms with Crippen molar-refractivity contribution in [1.82, 2.24) is 4.98 Å². The van der Waals surface area contributed by atoms with Crippen LogP contribution in [0.4, 0.5) is 0 Å². The van der Waals surface area contributed by atoms with Gasteiger partial charge in [-0.2, -0.15) is 0 Å². The molecule has 0 N–H and O–H groups in total. The third kappa shape index (κ3) is 3.45. The van der Waals surface area contributed by atoms with E-state index in [0.717, 1.165) is 42.7 Å². The Kier molecular flexibility index (Phi) is 4.88.